The summed E-state index contributed by atoms with van der Waals surface area (Å²) in [5.74, 6) is -0.599. The van der Waals surface area contributed by atoms with Gasteiger partial charge in [-0.2, -0.15) is 0 Å². The number of amides is 1. The van der Waals surface area contributed by atoms with E-state index in [9.17, 15) is 25.2 Å². The highest BCUT2D eigenvalue weighted by Crippen LogP contribution is 2.16. The molecule has 0 spiro atoms. The third-order valence-corrected chi connectivity index (χ3v) is 12.2. The van der Waals surface area contributed by atoms with Crippen LogP contribution in [0.1, 0.15) is 264 Å². The first-order valence-electron chi connectivity index (χ1n) is 26.5. The van der Waals surface area contributed by atoms with E-state index in [1.807, 2.05) is 0 Å². The largest absolute Gasteiger partial charge is 0.394 e. The minimum absolute atomic E-state index is 0.359. The molecule has 0 saturated carbocycles. The first-order valence-corrected chi connectivity index (χ1v) is 26.5. The van der Waals surface area contributed by atoms with Gasteiger partial charge in [-0.15, -0.1) is 0 Å². The van der Waals surface area contributed by atoms with Crippen molar-refractivity contribution in [3.05, 3.63) is 48.6 Å². The molecule has 0 aliphatic carbocycles. The Morgan fingerprint density at radius 2 is 0.705 bits per heavy atom. The van der Waals surface area contributed by atoms with Crippen LogP contribution >= 0.6 is 0 Å². The molecule has 4 atom stereocenters. The van der Waals surface area contributed by atoms with Crippen molar-refractivity contribution in [2.45, 2.75) is 289 Å². The minimum Gasteiger partial charge on any atom is -0.394 e. The number of rotatable bonds is 48. The summed E-state index contributed by atoms with van der Waals surface area (Å²) in [5, 5.41) is 43.8. The molecule has 0 heterocycles. The van der Waals surface area contributed by atoms with Crippen LogP contribution in [0.5, 0.6) is 0 Å². The summed E-state index contributed by atoms with van der Waals surface area (Å²) >= 11 is 0. The Kier molecular flexibility index (Phi) is 47.9. The van der Waals surface area contributed by atoms with E-state index in [0.29, 0.717) is 19.3 Å². The fourth-order valence-electron chi connectivity index (χ4n) is 8.01. The molecule has 0 radical (unpaired) electrons. The second kappa shape index (κ2) is 49.3. The zero-order valence-corrected chi connectivity index (χ0v) is 40.4. The van der Waals surface area contributed by atoms with Crippen molar-refractivity contribution in [3.63, 3.8) is 0 Å². The van der Waals surface area contributed by atoms with E-state index >= 15 is 0 Å². The van der Waals surface area contributed by atoms with Crippen LogP contribution < -0.4 is 5.32 Å². The van der Waals surface area contributed by atoms with Gasteiger partial charge in [-0.3, -0.25) is 4.79 Å². The lowest BCUT2D eigenvalue weighted by atomic mass is 10.00. The zero-order chi connectivity index (χ0) is 44.5. The molecule has 6 nitrogen and oxygen atoms in total. The van der Waals surface area contributed by atoms with Crippen LogP contribution in [0.25, 0.3) is 0 Å². The Hall–Kier alpha value is -1.73. The van der Waals surface area contributed by atoms with Crippen molar-refractivity contribution in [1.82, 2.24) is 5.32 Å². The third kappa shape index (κ3) is 43.3. The van der Waals surface area contributed by atoms with E-state index in [4.69, 9.17) is 0 Å². The highest BCUT2D eigenvalue weighted by Gasteiger charge is 2.28. The fourth-order valence-corrected chi connectivity index (χ4v) is 8.01. The molecule has 0 aliphatic heterocycles. The number of unbranched alkanes of at least 4 members (excludes halogenated alkanes) is 31. The molecule has 1 amide bonds. The molecule has 0 fully saturated rings. The summed E-state index contributed by atoms with van der Waals surface area (Å²) in [6, 6.07) is -1.01. The fraction of sp³-hybridized carbons (Fsp3) is 0.836. The molecule has 61 heavy (non-hydrogen) atoms. The predicted molar refractivity (Wildman–Crippen MR) is 265 cm³/mol. The Balaban J connectivity index is 3.64. The lowest BCUT2D eigenvalue weighted by Gasteiger charge is -2.27. The minimum atomic E-state index is -1.29. The van der Waals surface area contributed by atoms with E-state index in [0.717, 1.165) is 51.4 Å². The number of aliphatic hydroxyl groups excluding tert-OH is 4. The second-order valence-electron chi connectivity index (χ2n) is 18.2. The number of carbonyl (C=O) groups is 1. The average Bonchev–Trinajstić information content (AvgIpc) is 3.26. The van der Waals surface area contributed by atoms with Crippen molar-refractivity contribution in [2.75, 3.05) is 6.61 Å². The van der Waals surface area contributed by atoms with Crippen molar-refractivity contribution in [3.8, 4) is 0 Å². The average molecular weight is 858 g/mol. The zero-order valence-electron chi connectivity index (χ0n) is 40.4. The van der Waals surface area contributed by atoms with Crippen molar-refractivity contribution < 1.29 is 25.2 Å². The molecule has 0 aliphatic rings. The number of nitrogens with one attached hydrogen (secondary N) is 1. The lowest BCUT2D eigenvalue weighted by Crippen LogP contribution is -2.53. The molecule has 6 heteroatoms. The number of hydrogen-bond acceptors (Lipinski definition) is 5. The molecule has 0 aromatic rings. The van der Waals surface area contributed by atoms with Crippen LogP contribution in [0.2, 0.25) is 0 Å². The van der Waals surface area contributed by atoms with Crippen LogP contribution in [0.15, 0.2) is 48.6 Å². The van der Waals surface area contributed by atoms with E-state index in [-0.39, 0.29) is 0 Å². The molecule has 358 valence electrons. The molecule has 0 bridgehead atoms. The van der Waals surface area contributed by atoms with Gasteiger partial charge in [0.25, 0.3) is 0 Å². The van der Waals surface area contributed by atoms with Crippen LogP contribution in [-0.2, 0) is 4.79 Å². The van der Waals surface area contributed by atoms with Crippen molar-refractivity contribution >= 4 is 5.91 Å². The van der Waals surface area contributed by atoms with Gasteiger partial charge in [0.15, 0.2) is 0 Å². The van der Waals surface area contributed by atoms with E-state index < -0.39 is 36.9 Å². The maximum absolute atomic E-state index is 12.6. The van der Waals surface area contributed by atoms with Gasteiger partial charge in [-0.25, -0.2) is 0 Å². The summed E-state index contributed by atoms with van der Waals surface area (Å²) < 4.78 is 0. The number of aliphatic hydroxyl groups is 4. The molecule has 0 saturated heterocycles. The van der Waals surface area contributed by atoms with Gasteiger partial charge in [-0.05, 0) is 83.5 Å². The summed E-state index contributed by atoms with van der Waals surface area (Å²) in [4.78, 5) is 12.6. The third-order valence-electron chi connectivity index (χ3n) is 12.2. The van der Waals surface area contributed by atoms with Gasteiger partial charge in [-0.1, -0.05) is 229 Å². The Labute approximate surface area is 379 Å². The maximum Gasteiger partial charge on any atom is 0.249 e. The lowest BCUT2D eigenvalue weighted by molar-refractivity contribution is -0.132. The van der Waals surface area contributed by atoms with Crippen LogP contribution in [0.4, 0.5) is 0 Å². The summed E-state index contributed by atoms with van der Waals surface area (Å²) in [6.45, 7) is 4.01. The monoisotopic (exact) mass is 858 g/mol. The van der Waals surface area contributed by atoms with Crippen LogP contribution in [0.3, 0.4) is 0 Å². The first-order chi connectivity index (χ1) is 30.0. The summed E-state index contributed by atoms with van der Waals surface area (Å²) in [5.41, 5.74) is 0. The molecular weight excluding hydrogens is 755 g/mol. The highest BCUT2D eigenvalue weighted by molar-refractivity contribution is 5.80. The van der Waals surface area contributed by atoms with E-state index in [1.54, 1.807) is 0 Å². The molecule has 4 unspecified atom stereocenters. The predicted octanol–water partition coefficient (Wildman–Crippen LogP) is 15.0. The molecule has 0 aromatic carbocycles. The SMILES string of the molecule is CCCC/C=C/CC/C=C/CC/C=C/CCCC(O)C(O)C(CO)NC(=O)C(O)CCCCCCCCCCCCCCCC/C=C\CCCCCCCCCCCCCC. The van der Waals surface area contributed by atoms with Crippen LogP contribution in [-0.4, -0.2) is 57.3 Å². The standard InChI is InChI=1S/C55H103NO5/c1-3-5-7-9-11-13-15-17-19-20-21-22-23-24-25-26-27-28-29-30-31-32-33-35-37-39-41-43-45-47-49-53(59)55(61)56-51(50-57)54(60)52(58)48-46-44-42-40-38-36-34-18-16-14-12-10-8-6-4-2/h10,12,18,24-25,34,40,42,51-54,57-60H,3-9,11,13-17,19-23,26-33,35-39,41,43-50H2,1-2H3,(H,56,61)/b12-10+,25-24-,34-18+,42-40+. The highest BCUT2D eigenvalue weighted by atomic mass is 16.3. The normalized spacial score (nSPS) is 14.3. The number of allylic oxidation sites excluding steroid dienone is 8. The van der Waals surface area contributed by atoms with E-state index in [2.05, 4.69) is 67.8 Å². The quantitative estimate of drug-likeness (QED) is 0.0309. The van der Waals surface area contributed by atoms with Gasteiger partial charge in [0.2, 0.25) is 5.91 Å². The number of hydrogen-bond donors (Lipinski definition) is 5. The van der Waals surface area contributed by atoms with Crippen LogP contribution in [0, 0.1) is 0 Å². The topological polar surface area (TPSA) is 110 Å². The van der Waals surface area contributed by atoms with Crippen molar-refractivity contribution in [2.24, 2.45) is 0 Å². The second-order valence-corrected chi connectivity index (χ2v) is 18.2. The van der Waals surface area contributed by atoms with E-state index in [1.165, 1.54) is 180 Å². The van der Waals surface area contributed by atoms with Gasteiger partial charge in [0, 0.05) is 0 Å². The van der Waals surface area contributed by atoms with Gasteiger partial charge in [0.05, 0.1) is 18.8 Å². The molecule has 5 N–H and O–H groups in total. The molecule has 0 rings (SSSR count). The first kappa shape index (κ1) is 59.3. The van der Waals surface area contributed by atoms with Gasteiger partial charge >= 0.3 is 0 Å². The van der Waals surface area contributed by atoms with Gasteiger partial charge in [0.1, 0.15) is 12.2 Å². The molecule has 0 aromatic heterocycles. The maximum atomic E-state index is 12.6. The Morgan fingerprint density at radius 3 is 1.08 bits per heavy atom. The smallest absolute Gasteiger partial charge is 0.249 e. The van der Waals surface area contributed by atoms with Gasteiger partial charge < -0.3 is 25.7 Å². The Bertz CT molecular complexity index is 1010. The summed E-state index contributed by atoms with van der Waals surface area (Å²) in [6.07, 6.45) is 61.8. The summed E-state index contributed by atoms with van der Waals surface area (Å²) in [7, 11) is 0. The Morgan fingerprint density at radius 1 is 0.393 bits per heavy atom. The molecular formula is C55H103NO5. The van der Waals surface area contributed by atoms with Crippen molar-refractivity contribution in [1.29, 1.82) is 0 Å². The number of carbonyl (C=O) groups excluding carboxylic acids is 1.